The molecule has 4 heterocycles. The summed E-state index contributed by atoms with van der Waals surface area (Å²) in [7, 11) is 0. The van der Waals surface area contributed by atoms with Crippen molar-refractivity contribution in [2.75, 3.05) is 5.32 Å². The summed E-state index contributed by atoms with van der Waals surface area (Å²) in [6.45, 7) is 0. The topological polar surface area (TPSA) is 132 Å². The Bertz CT molecular complexity index is 1870. The van der Waals surface area contributed by atoms with Crippen LogP contribution in [0.2, 0.25) is 0 Å². The number of aromatic amines is 2. The van der Waals surface area contributed by atoms with Crippen molar-refractivity contribution in [3.05, 3.63) is 72.9 Å². The number of hydrogen-bond acceptors (Lipinski definition) is 6. The van der Waals surface area contributed by atoms with Crippen molar-refractivity contribution in [2.45, 2.75) is 19.3 Å². The van der Waals surface area contributed by atoms with Crippen molar-refractivity contribution in [1.29, 1.82) is 0 Å². The van der Waals surface area contributed by atoms with E-state index in [4.69, 9.17) is 4.98 Å². The molecule has 4 N–H and O–H groups in total. The maximum atomic E-state index is 14.0. The molecule has 7 rings (SSSR count). The molecule has 2 aromatic carbocycles. The van der Waals surface area contributed by atoms with Gasteiger partial charge in [-0.05, 0) is 54.8 Å². The van der Waals surface area contributed by atoms with Gasteiger partial charge >= 0.3 is 0 Å². The zero-order valence-corrected chi connectivity index (χ0v) is 20.6. The number of rotatable bonds is 5. The molecule has 192 valence electrons. The van der Waals surface area contributed by atoms with Gasteiger partial charge in [0, 0.05) is 40.9 Å². The molecular weight excluding hydrogens is 497 g/mol. The van der Waals surface area contributed by atoms with Crippen molar-refractivity contribution < 1.29 is 14.3 Å². The molecule has 0 saturated heterocycles. The zero-order chi connectivity index (χ0) is 26.5. The SMILES string of the molecule is O=C(Nc1cncc(-c2ccc3[nH]nc(-c4nc5c(-c6cc(O)cc(F)c6)nccc5[nH]4)c3c2)c1)C1CCC1. The summed E-state index contributed by atoms with van der Waals surface area (Å²) >= 11 is 0. The number of nitrogens with one attached hydrogen (secondary N) is 3. The lowest BCUT2D eigenvalue weighted by Crippen LogP contribution is -2.28. The van der Waals surface area contributed by atoms with E-state index in [2.05, 4.69) is 30.5 Å². The molecule has 1 saturated carbocycles. The highest BCUT2D eigenvalue weighted by Crippen LogP contribution is 2.34. The number of imidazole rings is 1. The first kappa shape index (κ1) is 23.0. The first-order valence-electron chi connectivity index (χ1n) is 12.6. The first-order valence-corrected chi connectivity index (χ1v) is 12.6. The van der Waals surface area contributed by atoms with Crippen molar-refractivity contribution in [2.24, 2.45) is 5.92 Å². The average Bonchev–Trinajstić information content (AvgIpc) is 3.50. The normalized spacial score (nSPS) is 13.6. The molecule has 0 bridgehead atoms. The van der Waals surface area contributed by atoms with E-state index in [0.717, 1.165) is 47.4 Å². The van der Waals surface area contributed by atoms with Gasteiger partial charge in [-0.25, -0.2) is 9.37 Å². The molecule has 1 fully saturated rings. The van der Waals surface area contributed by atoms with Crippen LogP contribution >= 0.6 is 0 Å². The maximum Gasteiger partial charge on any atom is 0.227 e. The molecule has 1 aliphatic carbocycles. The number of pyridine rings is 2. The molecule has 4 aromatic heterocycles. The number of anilines is 1. The van der Waals surface area contributed by atoms with Gasteiger partial charge in [-0.1, -0.05) is 12.5 Å². The molecular formula is C29H22FN7O2. The van der Waals surface area contributed by atoms with E-state index in [0.29, 0.717) is 39.5 Å². The van der Waals surface area contributed by atoms with Gasteiger partial charge < -0.3 is 15.4 Å². The van der Waals surface area contributed by atoms with Crippen LogP contribution in [0.3, 0.4) is 0 Å². The summed E-state index contributed by atoms with van der Waals surface area (Å²) in [5.74, 6) is -0.106. The van der Waals surface area contributed by atoms with Crippen LogP contribution in [0.5, 0.6) is 5.75 Å². The third-order valence-corrected chi connectivity index (χ3v) is 7.16. The number of fused-ring (bicyclic) bond motifs is 2. The smallest absolute Gasteiger partial charge is 0.227 e. The van der Waals surface area contributed by atoms with E-state index < -0.39 is 5.82 Å². The summed E-state index contributed by atoms with van der Waals surface area (Å²) < 4.78 is 14.0. The second-order valence-electron chi connectivity index (χ2n) is 9.75. The molecule has 0 aliphatic heterocycles. The number of phenolic OH excluding ortho intramolecular Hbond substituents is 1. The fraction of sp³-hybridized carbons (Fsp3) is 0.138. The maximum absolute atomic E-state index is 14.0. The zero-order valence-electron chi connectivity index (χ0n) is 20.6. The number of halogens is 1. The van der Waals surface area contributed by atoms with E-state index >= 15 is 0 Å². The number of carbonyl (C=O) groups excluding carboxylic acids is 1. The molecule has 9 nitrogen and oxygen atoms in total. The second-order valence-corrected chi connectivity index (χ2v) is 9.75. The van der Waals surface area contributed by atoms with Crippen LogP contribution in [0.4, 0.5) is 10.1 Å². The number of nitrogens with zero attached hydrogens (tertiary/aromatic N) is 4. The molecule has 1 aliphatic rings. The summed E-state index contributed by atoms with van der Waals surface area (Å²) in [6.07, 6.45) is 7.98. The van der Waals surface area contributed by atoms with E-state index in [1.165, 1.54) is 12.1 Å². The molecule has 0 spiro atoms. The van der Waals surface area contributed by atoms with Crippen LogP contribution < -0.4 is 5.32 Å². The summed E-state index contributed by atoms with van der Waals surface area (Å²) in [6, 6.07) is 13.4. The van der Waals surface area contributed by atoms with Gasteiger partial charge in [-0.2, -0.15) is 5.10 Å². The van der Waals surface area contributed by atoms with Crippen LogP contribution in [0.15, 0.2) is 67.1 Å². The Labute approximate surface area is 221 Å². The Hall–Kier alpha value is -5.12. The number of benzene rings is 2. The lowest BCUT2D eigenvalue weighted by molar-refractivity contribution is -0.122. The van der Waals surface area contributed by atoms with Gasteiger partial charge in [0.15, 0.2) is 5.82 Å². The monoisotopic (exact) mass is 519 g/mol. The van der Waals surface area contributed by atoms with E-state index in [1.807, 2.05) is 24.3 Å². The second kappa shape index (κ2) is 9.02. The molecule has 1 amide bonds. The van der Waals surface area contributed by atoms with Crippen LogP contribution in [-0.4, -0.2) is 41.1 Å². The van der Waals surface area contributed by atoms with Gasteiger partial charge in [0.2, 0.25) is 5.91 Å². The molecule has 0 unspecified atom stereocenters. The van der Waals surface area contributed by atoms with Gasteiger partial charge in [-0.3, -0.25) is 19.9 Å². The van der Waals surface area contributed by atoms with E-state index in [-0.39, 0.29) is 17.6 Å². The third kappa shape index (κ3) is 4.15. The Morgan fingerprint density at radius 2 is 1.87 bits per heavy atom. The fourth-order valence-corrected chi connectivity index (χ4v) is 4.92. The van der Waals surface area contributed by atoms with Gasteiger partial charge in [-0.15, -0.1) is 0 Å². The number of aromatic nitrogens is 6. The Morgan fingerprint density at radius 1 is 0.974 bits per heavy atom. The molecule has 39 heavy (non-hydrogen) atoms. The van der Waals surface area contributed by atoms with E-state index in [9.17, 15) is 14.3 Å². The van der Waals surface area contributed by atoms with Crippen LogP contribution in [0, 0.1) is 11.7 Å². The van der Waals surface area contributed by atoms with Crippen molar-refractivity contribution in [3.8, 4) is 39.7 Å². The number of aromatic hydroxyl groups is 1. The Balaban J connectivity index is 1.27. The number of amides is 1. The van der Waals surface area contributed by atoms with Crippen molar-refractivity contribution >= 4 is 33.5 Å². The van der Waals surface area contributed by atoms with Gasteiger partial charge in [0.1, 0.15) is 22.8 Å². The van der Waals surface area contributed by atoms with Crippen molar-refractivity contribution in [3.63, 3.8) is 0 Å². The minimum absolute atomic E-state index is 0.0416. The predicted octanol–water partition coefficient (Wildman–Crippen LogP) is 5.81. The van der Waals surface area contributed by atoms with Crippen LogP contribution in [-0.2, 0) is 4.79 Å². The van der Waals surface area contributed by atoms with E-state index in [1.54, 1.807) is 24.7 Å². The molecule has 0 atom stereocenters. The quantitative estimate of drug-likeness (QED) is 0.227. The number of H-pyrrole nitrogens is 2. The molecule has 6 aromatic rings. The molecule has 0 radical (unpaired) electrons. The number of carbonyl (C=O) groups is 1. The van der Waals surface area contributed by atoms with Crippen LogP contribution in [0.25, 0.3) is 55.8 Å². The number of phenols is 1. The summed E-state index contributed by atoms with van der Waals surface area (Å²) in [5.41, 5.74) is 5.96. The first-order chi connectivity index (χ1) is 19.0. The fourth-order valence-electron chi connectivity index (χ4n) is 4.92. The molecule has 10 heteroatoms. The number of hydrogen-bond donors (Lipinski definition) is 4. The van der Waals surface area contributed by atoms with Crippen molar-refractivity contribution in [1.82, 2.24) is 30.1 Å². The predicted molar refractivity (Wildman–Crippen MR) is 145 cm³/mol. The summed E-state index contributed by atoms with van der Waals surface area (Å²) in [4.78, 5) is 29.2. The minimum Gasteiger partial charge on any atom is -0.508 e. The summed E-state index contributed by atoms with van der Waals surface area (Å²) in [5, 5.41) is 21.3. The third-order valence-electron chi connectivity index (χ3n) is 7.16. The van der Waals surface area contributed by atoms with Gasteiger partial charge in [0.25, 0.3) is 0 Å². The minimum atomic E-state index is -0.563. The lowest BCUT2D eigenvalue weighted by atomic mass is 9.85. The highest BCUT2D eigenvalue weighted by atomic mass is 19.1. The Morgan fingerprint density at radius 3 is 2.69 bits per heavy atom. The average molecular weight is 520 g/mol. The highest BCUT2D eigenvalue weighted by Gasteiger charge is 2.25. The Kier molecular flexibility index (Phi) is 5.32. The van der Waals surface area contributed by atoms with Crippen LogP contribution in [0.1, 0.15) is 19.3 Å². The highest BCUT2D eigenvalue weighted by molar-refractivity contribution is 5.98. The lowest BCUT2D eigenvalue weighted by Gasteiger charge is -2.24. The standard InChI is InChI=1S/C29H22FN7O2/c30-19-8-17(10-21(38)12-19)25-27-24(6-7-32-25)34-28(35-27)26-22-11-16(4-5-23(22)36-37-26)18-9-20(14-31-13-18)33-29(39)15-2-1-3-15/h4-15,38H,1-3H2,(H,33,39)(H,34,35)(H,36,37). The largest absolute Gasteiger partial charge is 0.508 e. The van der Waals surface area contributed by atoms with Gasteiger partial charge in [0.05, 0.1) is 28.6 Å².